The summed E-state index contributed by atoms with van der Waals surface area (Å²) in [5.74, 6) is 2.80. The van der Waals surface area contributed by atoms with Crippen molar-refractivity contribution < 1.29 is 0 Å². The first-order valence-electron chi connectivity index (χ1n) is 6.30. The van der Waals surface area contributed by atoms with Crippen LogP contribution >= 0.6 is 11.3 Å². The molecule has 2 heterocycles. The van der Waals surface area contributed by atoms with E-state index in [4.69, 9.17) is 0 Å². The monoisotopic (exact) mass is 277 g/mol. The number of hydrogen-bond acceptors (Lipinski definition) is 6. The minimum absolute atomic E-state index is 0.302. The molecule has 2 rings (SSSR count). The van der Waals surface area contributed by atoms with Gasteiger partial charge in [0, 0.05) is 30.1 Å². The molecule has 0 saturated carbocycles. The average molecular weight is 277 g/mol. The highest BCUT2D eigenvalue weighted by molar-refractivity contribution is 7.11. The largest absolute Gasteiger partial charge is 0.373 e. The lowest BCUT2D eigenvalue weighted by Gasteiger charge is -2.10. The second kappa shape index (κ2) is 5.97. The van der Waals surface area contributed by atoms with Crippen molar-refractivity contribution in [1.82, 2.24) is 15.0 Å². The smallest absolute Gasteiger partial charge is 0.135 e. The zero-order valence-corrected chi connectivity index (χ0v) is 12.5. The zero-order valence-electron chi connectivity index (χ0n) is 11.7. The van der Waals surface area contributed by atoms with Crippen LogP contribution in [0.5, 0.6) is 0 Å². The zero-order chi connectivity index (χ0) is 13.8. The maximum absolute atomic E-state index is 4.52. The Hall–Kier alpha value is -1.69. The topological polar surface area (TPSA) is 62.7 Å². The number of thiazole rings is 1. The molecule has 0 aliphatic carbocycles. The summed E-state index contributed by atoms with van der Waals surface area (Å²) in [4.78, 5) is 14.5. The van der Waals surface area contributed by atoms with Crippen molar-refractivity contribution in [2.45, 2.75) is 33.2 Å². The van der Waals surface area contributed by atoms with Crippen LogP contribution in [0.4, 0.5) is 11.6 Å². The van der Waals surface area contributed by atoms with Gasteiger partial charge in [-0.05, 0) is 6.92 Å². The quantitative estimate of drug-likeness (QED) is 0.879. The molecule has 102 valence electrons. The SMILES string of the molecule is CNc1cc(NCc2ncc(C)s2)nc(C(C)C)n1. The van der Waals surface area contributed by atoms with Gasteiger partial charge in [-0.2, -0.15) is 0 Å². The Balaban J connectivity index is 2.12. The van der Waals surface area contributed by atoms with Crippen LogP contribution in [0.2, 0.25) is 0 Å². The van der Waals surface area contributed by atoms with Crippen LogP contribution in [0.15, 0.2) is 12.3 Å². The first-order chi connectivity index (χ1) is 9.08. The van der Waals surface area contributed by atoms with E-state index in [2.05, 4.69) is 46.4 Å². The molecule has 0 amide bonds. The molecule has 0 atom stereocenters. The maximum atomic E-state index is 4.52. The van der Waals surface area contributed by atoms with Crippen LogP contribution in [-0.2, 0) is 6.54 Å². The molecule has 2 aromatic rings. The lowest BCUT2D eigenvalue weighted by atomic mass is 10.2. The summed E-state index contributed by atoms with van der Waals surface area (Å²) >= 11 is 1.69. The van der Waals surface area contributed by atoms with Gasteiger partial charge in [0.05, 0.1) is 6.54 Å². The summed E-state index contributed by atoms with van der Waals surface area (Å²) in [6, 6.07) is 1.91. The van der Waals surface area contributed by atoms with Gasteiger partial charge in [0.1, 0.15) is 22.5 Å². The average Bonchev–Trinajstić information content (AvgIpc) is 2.81. The molecule has 0 aliphatic rings. The van der Waals surface area contributed by atoms with Gasteiger partial charge in [-0.3, -0.25) is 0 Å². The van der Waals surface area contributed by atoms with Crippen molar-refractivity contribution in [3.05, 3.63) is 28.0 Å². The summed E-state index contributed by atoms with van der Waals surface area (Å²) in [7, 11) is 1.86. The minimum atomic E-state index is 0.302. The summed E-state index contributed by atoms with van der Waals surface area (Å²) in [6.45, 7) is 6.92. The molecule has 0 unspecified atom stereocenters. The predicted molar refractivity (Wildman–Crippen MR) is 79.8 cm³/mol. The molecule has 19 heavy (non-hydrogen) atoms. The van der Waals surface area contributed by atoms with Crippen LogP contribution in [0.25, 0.3) is 0 Å². The molecule has 0 radical (unpaired) electrons. The van der Waals surface area contributed by atoms with E-state index in [9.17, 15) is 0 Å². The molecule has 0 spiro atoms. The molecule has 0 aromatic carbocycles. The first-order valence-corrected chi connectivity index (χ1v) is 7.12. The van der Waals surface area contributed by atoms with Crippen molar-refractivity contribution in [3.63, 3.8) is 0 Å². The molecule has 2 N–H and O–H groups in total. The summed E-state index contributed by atoms with van der Waals surface area (Å²) in [5.41, 5.74) is 0. The summed E-state index contributed by atoms with van der Waals surface area (Å²) in [6.07, 6.45) is 1.89. The maximum Gasteiger partial charge on any atom is 0.135 e. The van der Waals surface area contributed by atoms with Crippen LogP contribution in [0, 0.1) is 6.92 Å². The van der Waals surface area contributed by atoms with Crippen molar-refractivity contribution in [1.29, 1.82) is 0 Å². The Kier molecular flexibility index (Phi) is 4.31. The van der Waals surface area contributed by atoms with Crippen molar-refractivity contribution in [2.75, 3.05) is 17.7 Å². The highest BCUT2D eigenvalue weighted by Gasteiger charge is 2.08. The van der Waals surface area contributed by atoms with E-state index >= 15 is 0 Å². The normalized spacial score (nSPS) is 10.8. The fourth-order valence-electron chi connectivity index (χ4n) is 1.59. The van der Waals surface area contributed by atoms with Crippen molar-refractivity contribution >= 4 is 23.0 Å². The van der Waals surface area contributed by atoms with Crippen LogP contribution in [-0.4, -0.2) is 22.0 Å². The number of aryl methyl sites for hydroxylation is 1. The second-order valence-electron chi connectivity index (χ2n) is 4.62. The second-order valence-corrected chi connectivity index (χ2v) is 5.94. The van der Waals surface area contributed by atoms with Gasteiger partial charge in [-0.1, -0.05) is 13.8 Å². The fraction of sp³-hybridized carbons (Fsp3) is 0.462. The Labute approximate surface area is 117 Å². The molecule has 0 bridgehead atoms. The van der Waals surface area contributed by atoms with E-state index in [0.29, 0.717) is 12.5 Å². The molecule has 6 heteroatoms. The summed E-state index contributed by atoms with van der Waals surface area (Å²) in [5, 5.41) is 7.43. The van der Waals surface area contributed by atoms with Gasteiger partial charge in [-0.15, -0.1) is 11.3 Å². The Morgan fingerprint density at radius 2 is 2.00 bits per heavy atom. The molecule has 0 fully saturated rings. The van der Waals surface area contributed by atoms with Gasteiger partial charge in [0.15, 0.2) is 0 Å². The minimum Gasteiger partial charge on any atom is -0.373 e. The lowest BCUT2D eigenvalue weighted by Crippen LogP contribution is -2.07. The third-order valence-corrected chi connectivity index (χ3v) is 3.52. The number of nitrogens with one attached hydrogen (secondary N) is 2. The fourth-order valence-corrected chi connectivity index (χ4v) is 2.32. The number of rotatable bonds is 5. The molecular formula is C13H19N5S. The Morgan fingerprint density at radius 1 is 1.26 bits per heavy atom. The Bertz CT molecular complexity index is 550. The standard InChI is InChI=1S/C13H19N5S/c1-8(2)13-17-10(14-4)5-11(18-13)15-7-12-16-6-9(3)19-12/h5-6,8H,7H2,1-4H3,(H2,14,15,17,18). The van der Waals surface area contributed by atoms with Gasteiger partial charge >= 0.3 is 0 Å². The lowest BCUT2D eigenvalue weighted by molar-refractivity contribution is 0.776. The number of hydrogen-bond donors (Lipinski definition) is 2. The van der Waals surface area contributed by atoms with E-state index in [1.165, 1.54) is 4.88 Å². The van der Waals surface area contributed by atoms with E-state index < -0.39 is 0 Å². The van der Waals surface area contributed by atoms with E-state index in [1.807, 2.05) is 19.3 Å². The highest BCUT2D eigenvalue weighted by atomic mass is 32.1. The Morgan fingerprint density at radius 3 is 2.58 bits per heavy atom. The van der Waals surface area contributed by atoms with E-state index in [1.54, 1.807) is 11.3 Å². The molecule has 2 aromatic heterocycles. The van der Waals surface area contributed by atoms with Crippen molar-refractivity contribution in [2.24, 2.45) is 0 Å². The van der Waals surface area contributed by atoms with Gasteiger partial charge in [-0.25, -0.2) is 15.0 Å². The first kappa shape index (κ1) is 13.7. The van der Waals surface area contributed by atoms with E-state index in [-0.39, 0.29) is 0 Å². The number of aromatic nitrogens is 3. The third kappa shape index (κ3) is 3.64. The van der Waals surface area contributed by atoms with E-state index in [0.717, 1.165) is 22.5 Å². The van der Waals surface area contributed by atoms with Crippen molar-refractivity contribution in [3.8, 4) is 0 Å². The highest BCUT2D eigenvalue weighted by Crippen LogP contribution is 2.18. The number of anilines is 2. The molecule has 0 aliphatic heterocycles. The molecular weight excluding hydrogens is 258 g/mol. The predicted octanol–water partition coefficient (Wildman–Crippen LogP) is 3.02. The van der Waals surface area contributed by atoms with Gasteiger partial charge < -0.3 is 10.6 Å². The molecule has 0 saturated heterocycles. The third-order valence-electron chi connectivity index (χ3n) is 2.61. The molecule has 5 nitrogen and oxygen atoms in total. The number of nitrogens with zero attached hydrogens (tertiary/aromatic N) is 3. The van der Waals surface area contributed by atoms with Gasteiger partial charge in [0.25, 0.3) is 0 Å². The summed E-state index contributed by atoms with van der Waals surface area (Å²) < 4.78 is 0. The van der Waals surface area contributed by atoms with Crippen LogP contribution in [0.3, 0.4) is 0 Å². The van der Waals surface area contributed by atoms with Crippen LogP contribution < -0.4 is 10.6 Å². The van der Waals surface area contributed by atoms with Gasteiger partial charge in [0.2, 0.25) is 0 Å². The van der Waals surface area contributed by atoms with Crippen LogP contribution in [0.1, 0.15) is 35.5 Å².